The first-order chi connectivity index (χ1) is 13.6. The number of unbranched alkanes of at least 4 members (excludes halogenated alkanes) is 2. The number of aliphatic imine (C=N–C) groups is 1. The van der Waals surface area contributed by atoms with E-state index in [1.165, 1.54) is 70.5 Å². The molecule has 4 aliphatic rings. The summed E-state index contributed by atoms with van der Waals surface area (Å²) >= 11 is 0. The molecule has 4 heteroatoms. The Balaban J connectivity index is 1.53. The van der Waals surface area contributed by atoms with Crippen molar-refractivity contribution in [3.63, 3.8) is 0 Å². The predicted octanol–water partition coefficient (Wildman–Crippen LogP) is 5.45. The SMILES string of the molecule is C=CCCCCC1CC([Si](C)(C)N2CCCN3CCCN=C32)C2C=CC=CC12. The third-order valence-corrected chi connectivity index (χ3v) is 12.0. The van der Waals surface area contributed by atoms with E-state index in [9.17, 15) is 0 Å². The second-order valence-electron chi connectivity index (χ2n) is 9.78. The molecule has 0 aromatic carbocycles. The molecule has 2 aliphatic carbocycles. The largest absolute Gasteiger partial charge is 0.370 e. The predicted molar refractivity (Wildman–Crippen MR) is 123 cm³/mol. The van der Waals surface area contributed by atoms with Crippen molar-refractivity contribution in [3.05, 3.63) is 37.0 Å². The summed E-state index contributed by atoms with van der Waals surface area (Å²) in [6.45, 7) is 13.9. The smallest absolute Gasteiger partial charge is 0.188 e. The Morgan fingerprint density at radius 2 is 1.89 bits per heavy atom. The van der Waals surface area contributed by atoms with E-state index in [2.05, 4.69) is 59.5 Å². The summed E-state index contributed by atoms with van der Waals surface area (Å²) < 4.78 is 2.82. The van der Waals surface area contributed by atoms with E-state index in [-0.39, 0.29) is 0 Å². The number of hydrogen-bond donors (Lipinski definition) is 0. The third-order valence-electron chi connectivity index (χ3n) is 7.80. The van der Waals surface area contributed by atoms with Crippen molar-refractivity contribution >= 4 is 14.2 Å². The summed E-state index contributed by atoms with van der Waals surface area (Å²) in [4.78, 5) is 7.61. The zero-order valence-electron chi connectivity index (χ0n) is 18.0. The minimum absolute atomic E-state index is 0.746. The van der Waals surface area contributed by atoms with Gasteiger partial charge in [0.1, 0.15) is 0 Å². The molecule has 0 radical (unpaired) electrons. The lowest BCUT2D eigenvalue weighted by Gasteiger charge is -2.51. The van der Waals surface area contributed by atoms with Crippen molar-refractivity contribution in [2.45, 2.75) is 63.6 Å². The van der Waals surface area contributed by atoms with Crippen LogP contribution >= 0.6 is 0 Å². The van der Waals surface area contributed by atoms with Crippen molar-refractivity contribution in [2.75, 3.05) is 26.2 Å². The number of fused-ring (bicyclic) bond motifs is 2. The Bertz CT molecular complexity index is 650. The van der Waals surface area contributed by atoms with Gasteiger partial charge in [-0.1, -0.05) is 49.9 Å². The van der Waals surface area contributed by atoms with Crippen molar-refractivity contribution in [3.8, 4) is 0 Å². The van der Waals surface area contributed by atoms with Gasteiger partial charge in [0.15, 0.2) is 14.2 Å². The lowest BCUT2D eigenvalue weighted by Crippen LogP contribution is -2.63. The molecule has 1 saturated carbocycles. The zero-order valence-corrected chi connectivity index (χ0v) is 19.0. The Morgan fingerprint density at radius 1 is 1.11 bits per heavy atom. The minimum Gasteiger partial charge on any atom is -0.370 e. The molecule has 0 spiro atoms. The van der Waals surface area contributed by atoms with Gasteiger partial charge >= 0.3 is 0 Å². The number of guanidine groups is 1. The second kappa shape index (κ2) is 8.60. The van der Waals surface area contributed by atoms with Crippen LogP contribution in [0.1, 0.15) is 44.9 Å². The van der Waals surface area contributed by atoms with Crippen molar-refractivity contribution in [2.24, 2.45) is 22.7 Å². The number of allylic oxidation sites excluding steroid dienone is 5. The maximum atomic E-state index is 5.03. The van der Waals surface area contributed by atoms with Crippen LogP contribution in [-0.4, -0.2) is 49.8 Å². The van der Waals surface area contributed by atoms with Crippen LogP contribution < -0.4 is 0 Å². The third kappa shape index (κ3) is 3.77. The van der Waals surface area contributed by atoms with Crippen molar-refractivity contribution < 1.29 is 0 Å². The normalized spacial score (nSPS) is 32.1. The molecule has 3 nitrogen and oxygen atoms in total. The Kier molecular flexibility index (Phi) is 6.15. The molecule has 1 saturated heterocycles. The molecule has 2 fully saturated rings. The van der Waals surface area contributed by atoms with Crippen molar-refractivity contribution in [1.29, 1.82) is 0 Å². The van der Waals surface area contributed by atoms with Gasteiger partial charge in [0.05, 0.1) is 0 Å². The van der Waals surface area contributed by atoms with Gasteiger partial charge in [-0.05, 0) is 61.8 Å². The van der Waals surface area contributed by atoms with E-state index < -0.39 is 8.24 Å². The average molecular weight is 398 g/mol. The number of hydrogen-bond acceptors (Lipinski definition) is 3. The first-order valence-electron chi connectivity index (χ1n) is 11.7. The van der Waals surface area contributed by atoms with E-state index in [0.29, 0.717) is 0 Å². The lowest BCUT2D eigenvalue weighted by atomic mass is 9.84. The maximum absolute atomic E-state index is 5.03. The number of rotatable bonds is 7. The van der Waals surface area contributed by atoms with Gasteiger partial charge in [-0.3, -0.25) is 4.99 Å². The molecule has 0 amide bonds. The van der Waals surface area contributed by atoms with Crippen LogP contribution in [-0.2, 0) is 0 Å². The highest BCUT2D eigenvalue weighted by molar-refractivity contribution is 6.78. The van der Waals surface area contributed by atoms with Crippen LogP contribution in [0.15, 0.2) is 42.0 Å². The van der Waals surface area contributed by atoms with Crippen LogP contribution in [0.5, 0.6) is 0 Å². The van der Waals surface area contributed by atoms with Gasteiger partial charge < -0.3 is 9.47 Å². The first-order valence-corrected chi connectivity index (χ1v) is 14.7. The minimum atomic E-state index is -1.62. The maximum Gasteiger partial charge on any atom is 0.188 e. The Hall–Kier alpha value is -1.29. The average Bonchev–Trinajstić information content (AvgIpc) is 3.10. The highest BCUT2D eigenvalue weighted by Crippen LogP contribution is 2.54. The summed E-state index contributed by atoms with van der Waals surface area (Å²) in [6, 6.07) is 0. The standard InChI is InChI=1S/C24H39N3Si/c1-4-5-6-7-12-20-19-23(22-14-9-8-13-21(20)22)28(2,3)27-18-11-17-26-16-10-15-25-24(26)27/h4,8-9,13-14,20-23H,1,5-7,10-12,15-19H2,2-3H3. The van der Waals surface area contributed by atoms with E-state index in [0.717, 1.165) is 29.8 Å². The van der Waals surface area contributed by atoms with E-state index in [1.54, 1.807) is 0 Å². The monoisotopic (exact) mass is 397 g/mol. The Morgan fingerprint density at radius 3 is 2.71 bits per heavy atom. The molecule has 4 atom stereocenters. The Labute approximate surface area is 173 Å². The molecule has 2 heterocycles. The molecule has 2 aliphatic heterocycles. The molecular formula is C24H39N3Si. The highest BCUT2D eigenvalue weighted by atomic mass is 28.3. The fraction of sp³-hybridized carbons (Fsp3) is 0.708. The summed E-state index contributed by atoms with van der Waals surface area (Å²) in [5.41, 5.74) is 0.840. The summed E-state index contributed by atoms with van der Waals surface area (Å²) in [7, 11) is -1.62. The van der Waals surface area contributed by atoms with Gasteiger partial charge in [0.25, 0.3) is 0 Å². The summed E-state index contributed by atoms with van der Waals surface area (Å²) in [5.74, 6) is 3.73. The van der Waals surface area contributed by atoms with Crippen LogP contribution in [0, 0.1) is 17.8 Å². The van der Waals surface area contributed by atoms with Gasteiger partial charge in [-0.2, -0.15) is 0 Å². The first kappa shape index (κ1) is 20.0. The molecule has 0 aromatic heterocycles. The number of nitrogens with zero attached hydrogens (tertiary/aromatic N) is 3. The quantitative estimate of drug-likeness (QED) is 0.323. The van der Waals surface area contributed by atoms with Gasteiger partial charge in [0.2, 0.25) is 0 Å². The van der Waals surface area contributed by atoms with Crippen molar-refractivity contribution in [1.82, 2.24) is 9.47 Å². The molecule has 0 aromatic rings. The van der Waals surface area contributed by atoms with Gasteiger partial charge in [-0.15, -0.1) is 6.58 Å². The van der Waals surface area contributed by atoms with Crippen LogP contribution in [0.3, 0.4) is 0 Å². The summed E-state index contributed by atoms with van der Waals surface area (Å²) in [6.07, 6.45) is 21.0. The molecule has 154 valence electrons. The van der Waals surface area contributed by atoms with Crippen LogP contribution in [0.4, 0.5) is 0 Å². The molecule has 4 unspecified atom stereocenters. The zero-order chi connectivity index (χ0) is 19.6. The molecule has 0 N–H and O–H groups in total. The highest BCUT2D eigenvalue weighted by Gasteiger charge is 2.52. The topological polar surface area (TPSA) is 18.8 Å². The molecule has 28 heavy (non-hydrogen) atoms. The fourth-order valence-electron chi connectivity index (χ4n) is 6.29. The van der Waals surface area contributed by atoms with Crippen LogP contribution in [0.2, 0.25) is 18.6 Å². The fourth-order valence-corrected chi connectivity index (χ4v) is 10.3. The van der Waals surface area contributed by atoms with E-state index in [1.807, 2.05) is 0 Å². The summed E-state index contributed by atoms with van der Waals surface area (Å²) in [5, 5.41) is 0. The van der Waals surface area contributed by atoms with Gasteiger partial charge in [0, 0.05) is 26.2 Å². The second-order valence-corrected chi connectivity index (χ2v) is 14.4. The van der Waals surface area contributed by atoms with E-state index in [4.69, 9.17) is 4.99 Å². The van der Waals surface area contributed by atoms with Crippen LogP contribution in [0.25, 0.3) is 0 Å². The van der Waals surface area contributed by atoms with Gasteiger partial charge in [-0.25, -0.2) is 0 Å². The lowest BCUT2D eigenvalue weighted by molar-refractivity contribution is 0.293. The molecule has 0 bridgehead atoms. The van der Waals surface area contributed by atoms with E-state index >= 15 is 0 Å². The molecule has 4 rings (SSSR count). The molecular weight excluding hydrogens is 358 g/mol.